The average molecular weight is 378 g/mol. The van der Waals surface area contributed by atoms with Crippen LogP contribution in [0.1, 0.15) is 47.2 Å². The molecule has 0 unspecified atom stereocenters. The Labute approximate surface area is 160 Å². The Morgan fingerprint density at radius 3 is 2.64 bits per heavy atom. The van der Waals surface area contributed by atoms with E-state index >= 15 is 0 Å². The summed E-state index contributed by atoms with van der Waals surface area (Å²) >= 11 is 0. The number of esters is 1. The Morgan fingerprint density at radius 2 is 1.96 bits per heavy atom. The molecule has 2 aromatic carbocycles. The Kier molecular flexibility index (Phi) is 4.76. The third kappa shape index (κ3) is 3.94. The summed E-state index contributed by atoms with van der Waals surface area (Å²) in [5.74, 6) is -1.31. The Hall–Kier alpha value is -3.86. The van der Waals surface area contributed by atoms with Crippen molar-refractivity contribution in [1.82, 2.24) is 5.16 Å². The molecule has 0 radical (unpaired) electrons. The average Bonchev–Trinajstić information content (AvgIpc) is 3.03. The summed E-state index contributed by atoms with van der Waals surface area (Å²) in [6.07, 6.45) is 0. The maximum Gasteiger partial charge on any atom is 0.340 e. The van der Waals surface area contributed by atoms with Crippen LogP contribution in [0.3, 0.4) is 0 Å². The van der Waals surface area contributed by atoms with Gasteiger partial charge in [-0.2, -0.15) is 5.26 Å². The molecule has 1 amide bonds. The van der Waals surface area contributed by atoms with Gasteiger partial charge in [-0.1, -0.05) is 5.16 Å². The van der Waals surface area contributed by atoms with E-state index in [1.807, 2.05) is 6.07 Å². The number of nitrogen functional groups attached to an aromatic ring is 1. The second-order valence-corrected chi connectivity index (χ2v) is 7.12. The number of hydrogen-bond donors (Lipinski definition) is 2. The fourth-order valence-corrected chi connectivity index (χ4v) is 2.53. The van der Waals surface area contributed by atoms with Gasteiger partial charge in [-0.05, 0) is 57.2 Å². The summed E-state index contributed by atoms with van der Waals surface area (Å²) in [5, 5.41) is 16.0. The van der Waals surface area contributed by atoms with E-state index in [2.05, 4.69) is 10.5 Å². The van der Waals surface area contributed by atoms with E-state index in [0.29, 0.717) is 16.6 Å². The molecule has 3 rings (SSSR count). The van der Waals surface area contributed by atoms with Crippen molar-refractivity contribution in [3.8, 4) is 6.07 Å². The lowest BCUT2D eigenvalue weighted by Gasteiger charge is -2.20. The maximum absolute atomic E-state index is 12.7. The Balaban J connectivity index is 1.97. The molecule has 8 nitrogen and oxygen atoms in total. The number of nitrogens with zero attached hydrogens (tertiary/aromatic N) is 2. The molecule has 0 atom stereocenters. The lowest BCUT2D eigenvalue weighted by atomic mass is 10.1. The molecule has 0 aliphatic carbocycles. The summed E-state index contributed by atoms with van der Waals surface area (Å²) < 4.78 is 10.5. The number of nitrogens with one attached hydrogen (secondary N) is 1. The molecule has 28 heavy (non-hydrogen) atoms. The topological polar surface area (TPSA) is 131 Å². The number of carbonyl (C=O) groups excluding carboxylic acids is 2. The van der Waals surface area contributed by atoms with Gasteiger partial charge < -0.3 is 20.3 Å². The maximum atomic E-state index is 12.7. The largest absolute Gasteiger partial charge is 0.456 e. The molecule has 1 heterocycles. The van der Waals surface area contributed by atoms with Crippen LogP contribution < -0.4 is 11.1 Å². The highest BCUT2D eigenvalue weighted by Crippen LogP contribution is 2.25. The minimum absolute atomic E-state index is 0.0400. The van der Waals surface area contributed by atoms with Crippen molar-refractivity contribution in [2.45, 2.75) is 26.4 Å². The van der Waals surface area contributed by atoms with Crippen molar-refractivity contribution in [2.75, 3.05) is 11.1 Å². The molecule has 0 spiro atoms. The quantitative estimate of drug-likeness (QED) is 0.527. The van der Waals surface area contributed by atoms with Crippen LogP contribution in [0.5, 0.6) is 0 Å². The molecule has 1 aromatic heterocycles. The molecular formula is C20H18N4O4. The van der Waals surface area contributed by atoms with Gasteiger partial charge in [0, 0.05) is 5.69 Å². The molecule has 3 N–H and O–H groups in total. The lowest BCUT2D eigenvalue weighted by molar-refractivity contribution is 0.00707. The van der Waals surface area contributed by atoms with E-state index in [9.17, 15) is 9.59 Å². The highest BCUT2D eigenvalue weighted by Gasteiger charge is 2.24. The number of carbonyl (C=O) groups is 2. The third-order valence-electron chi connectivity index (χ3n) is 3.72. The zero-order valence-corrected chi connectivity index (χ0v) is 15.6. The number of benzene rings is 2. The smallest absolute Gasteiger partial charge is 0.340 e. The first-order valence-electron chi connectivity index (χ1n) is 8.42. The van der Waals surface area contributed by atoms with Crippen molar-refractivity contribution in [2.24, 2.45) is 0 Å². The van der Waals surface area contributed by atoms with E-state index in [-0.39, 0.29) is 22.6 Å². The number of rotatable bonds is 3. The number of aromatic nitrogens is 1. The van der Waals surface area contributed by atoms with Gasteiger partial charge >= 0.3 is 5.97 Å². The molecule has 142 valence electrons. The minimum atomic E-state index is -0.736. The van der Waals surface area contributed by atoms with Gasteiger partial charge in [-0.25, -0.2) is 4.79 Å². The summed E-state index contributed by atoms with van der Waals surface area (Å²) in [6, 6.07) is 11.1. The molecule has 0 saturated heterocycles. The second-order valence-electron chi connectivity index (χ2n) is 7.12. The minimum Gasteiger partial charge on any atom is -0.456 e. The monoisotopic (exact) mass is 378 g/mol. The van der Waals surface area contributed by atoms with Crippen molar-refractivity contribution in [3.05, 3.63) is 53.3 Å². The van der Waals surface area contributed by atoms with Crippen molar-refractivity contribution < 1.29 is 18.8 Å². The van der Waals surface area contributed by atoms with Gasteiger partial charge in [0.05, 0.1) is 28.3 Å². The van der Waals surface area contributed by atoms with E-state index in [1.54, 1.807) is 39.0 Å². The number of nitriles is 1. The number of hydrogen-bond acceptors (Lipinski definition) is 7. The van der Waals surface area contributed by atoms with E-state index < -0.39 is 17.5 Å². The number of nitrogens with two attached hydrogens (primary N) is 1. The van der Waals surface area contributed by atoms with Crippen LogP contribution in [0.4, 0.5) is 11.4 Å². The zero-order chi connectivity index (χ0) is 20.5. The summed E-state index contributed by atoms with van der Waals surface area (Å²) in [6.45, 7) is 5.17. The van der Waals surface area contributed by atoms with Crippen molar-refractivity contribution >= 4 is 34.2 Å². The first-order valence-corrected chi connectivity index (χ1v) is 8.42. The van der Waals surface area contributed by atoms with Crippen LogP contribution in [-0.2, 0) is 4.74 Å². The van der Waals surface area contributed by atoms with Crippen LogP contribution in [0.15, 0.2) is 40.9 Å². The number of ether oxygens (including phenoxy) is 1. The third-order valence-corrected chi connectivity index (χ3v) is 3.72. The van der Waals surface area contributed by atoms with E-state index in [0.717, 1.165) is 0 Å². The normalized spacial score (nSPS) is 11.1. The number of fused-ring (bicyclic) bond motifs is 1. The summed E-state index contributed by atoms with van der Waals surface area (Å²) in [7, 11) is 0. The van der Waals surface area contributed by atoms with Crippen LogP contribution in [0.2, 0.25) is 0 Å². The van der Waals surface area contributed by atoms with Gasteiger partial charge in [0.2, 0.25) is 5.76 Å². The lowest BCUT2D eigenvalue weighted by Crippen LogP contribution is -2.25. The fourth-order valence-electron chi connectivity index (χ4n) is 2.53. The number of anilines is 2. The Bertz CT molecular complexity index is 1120. The van der Waals surface area contributed by atoms with Crippen LogP contribution >= 0.6 is 0 Å². The van der Waals surface area contributed by atoms with Gasteiger partial charge in [0.1, 0.15) is 11.1 Å². The van der Waals surface area contributed by atoms with E-state index in [1.165, 1.54) is 18.2 Å². The van der Waals surface area contributed by atoms with Gasteiger partial charge in [0.15, 0.2) is 0 Å². The first-order chi connectivity index (χ1) is 13.2. The van der Waals surface area contributed by atoms with E-state index in [4.69, 9.17) is 20.3 Å². The number of amides is 1. The molecule has 3 aromatic rings. The van der Waals surface area contributed by atoms with Gasteiger partial charge in [0.25, 0.3) is 5.91 Å². The van der Waals surface area contributed by atoms with Crippen LogP contribution in [0, 0.1) is 11.3 Å². The predicted octanol–water partition coefficient (Wildman–Crippen LogP) is 3.49. The molecular weight excluding hydrogens is 360 g/mol. The van der Waals surface area contributed by atoms with Gasteiger partial charge in [-0.3, -0.25) is 4.79 Å². The summed E-state index contributed by atoms with van der Waals surface area (Å²) in [4.78, 5) is 25.3. The van der Waals surface area contributed by atoms with Crippen LogP contribution in [-0.4, -0.2) is 22.6 Å². The fraction of sp³-hybridized carbons (Fsp3) is 0.200. The first kappa shape index (κ1) is 18.9. The zero-order valence-electron chi connectivity index (χ0n) is 15.6. The highest BCUT2D eigenvalue weighted by atomic mass is 16.6. The highest BCUT2D eigenvalue weighted by molar-refractivity contribution is 6.12. The molecule has 0 saturated carbocycles. The molecule has 0 fully saturated rings. The SMILES string of the molecule is CC(C)(C)OC(=O)c1cc(C#N)ccc1NC(=O)c1onc2ccc(N)cc12. The van der Waals surface area contributed by atoms with Gasteiger partial charge in [-0.15, -0.1) is 0 Å². The molecule has 0 bridgehead atoms. The Morgan fingerprint density at radius 1 is 1.21 bits per heavy atom. The molecule has 8 heteroatoms. The van der Waals surface area contributed by atoms with Crippen LogP contribution in [0.25, 0.3) is 10.9 Å². The second kappa shape index (κ2) is 7.04. The molecule has 0 aliphatic heterocycles. The summed E-state index contributed by atoms with van der Waals surface area (Å²) in [5.41, 5.74) is 6.47. The van der Waals surface area contributed by atoms with Crippen molar-refractivity contribution in [1.29, 1.82) is 5.26 Å². The predicted molar refractivity (Wildman–Crippen MR) is 103 cm³/mol. The van der Waals surface area contributed by atoms with Crippen molar-refractivity contribution in [3.63, 3.8) is 0 Å². The molecule has 0 aliphatic rings. The standard InChI is InChI=1S/C20H18N4O4/c1-20(2,3)27-19(26)14-8-11(10-21)4-6-15(14)23-18(25)17-13-9-12(22)5-7-16(13)24-28-17/h4-9H,22H2,1-3H3,(H,23,25).